The minimum Gasteiger partial charge on any atom is -0.495 e. The van der Waals surface area contributed by atoms with E-state index in [1.807, 2.05) is 55.5 Å². The van der Waals surface area contributed by atoms with E-state index in [4.69, 9.17) is 9.72 Å². The van der Waals surface area contributed by atoms with E-state index in [0.29, 0.717) is 11.4 Å². The van der Waals surface area contributed by atoms with Crippen molar-refractivity contribution >= 4 is 17.5 Å². The Kier molecular flexibility index (Phi) is 5.93. The number of piperidine rings is 1. The second-order valence-corrected chi connectivity index (χ2v) is 7.51. The van der Waals surface area contributed by atoms with Crippen LogP contribution in [-0.4, -0.2) is 36.1 Å². The number of aryl methyl sites for hydroxylation is 1. The average molecular weight is 402 g/mol. The van der Waals surface area contributed by atoms with Gasteiger partial charge in [0.1, 0.15) is 5.75 Å². The van der Waals surface area contributed by atoms with Crippen molar-refractivity contribution in [2.24, 2.45) is 5.92 Å². The fourth-order valence-corrected chi connectivity index (χ4v) is 3.78. The number of carbonyl (C=O) groups excluding carboxylic acids is 1. The number of hydrogen-bond donors (Lipinski definition) is 1. The first-order chi connectivity index (χ1) is 14.6. The lowest BCUT2D eigenvalue weighted by Crippen LogP contribution is -2.39. The summed E-state index contributed by atoms with van der Waals surface area (Å²) < 4.78 is 5.33. The van der Waals surface area contributed by atoms with Gasteiger partial charge in [0, 0.05) is 30.3 Å². The van der Waals surface area contributed by atoms with Gasteiger partial charge < -0.3 is 15.0 Å². The summed E-state index contributed by atoms with van der Waals surface area (Å²) in [6, 6.07) is 19.6. The van der Waals surface area contributed by atoms with Crippen molar-refractivity contribution in [2.45, 2.75) is 19.8 Å². The van der Waals surface area contributed by atoms with Gasteiger partial charge in [0.05, 0.1) is 18.5 Å². The highest BCUT2D eigenvalue weighted by Gasteiger charge is 2.27. The number of aromatic nitrogens is 2. The molecule has 1 aromatic heterocycles. The lowest BCUT2D eigenvalue weighted by Gasteiger charge is -2.31. The monoisotopic (exact) mass is 402 g/mol. The maximum Gasteiger partial charge on any atom is 0.227 e. The zero-order chi connectivity index (χ0) is 20.9. The summed E-state index contributed by atoms with van der Waals surface area (Å²) in [5.74, 6) is 1.40. The summed E-state index contributed by atoms with van der Waals surface area (Å²) in [4.78, 5) is 24.4. The number of anilines is 2. The molecule has 0 bridgehead atoms. The number of methoxy groups -OCH3 is 1. The largest absolute Gasteiger partial charge is 0.495 e. The molecule has 0 unspecified atom stereocenters. The number of hydrogen-bond acceptors (Lipinski definition) is 5. The van der Waals surface area contributed by atoms with Crippen LogP contribution in [0.2, 0.25) is 0 Å². The van der Waals surface area contributed by atoms with Crippen LogP contribution in [0.4, 0.5) is 11.6 Å². The van der Waals surface area contributed by atoms with Crippen LogP contribution in [-0.2, 0) is 4.79 Å². The van der Waals surface area contributed by atoms with Crippen LogP contribution >= 0.6 is 0 Å². The Morgan fingerprint density at radius 1 is 1.03 bits per heavy atom. The molecule has 6 nitrogen and oxygen atoms in total. The Hall–Kier alpha value is -3.41. The van der Waals surface area contributed by atoms with Gasteiger partial charge in [-0.15, -0.1) is 0 Å². The molecule has 1 amide bonds. The fourth-order valence-electron chi connectivity index (χ4n) is 3.78. The minimum atomic E-state index is -0.0374. The summed E-state index contributed by atoms with van der Waals surface area (Å²) in [5, 5.41) is 3.01. The molecule has 1 aliphatic heterocycles. The Morgan fingerprint density at radius 2 is 1.73 bits per heavy atom. The number of benzene rings is 2. The van der Waals surface area contributed by atoms with E-state index in [1.54, 1.807) is 7.11 Å². The molecule has 4 rings (SSSR count). The first-order valence-electron chi connectivity index (χ1n) is 10.2. The second-order valence-electron chi connectivity index (χ2n) is 7.51. The highest BCUT2D eigenvalue weighted by Crippen LogP contribution is 2.27. The van der Waals surface area contributed by atoms with Crippen LogP contribution in [0.5, 0.6) is 5.75 Å². The molecule has 1 fully saturated rings. The van der Waals surface area contributed by atoms with E-state index in [-0.39, 0.29) is 11.8 Å². The van der Waals surface area contributed by atoms with Crippen molar-refractivity contribution in [3.8, 4) is 17.0 Å². The molecule has 154 valence electrons. The molecule has 3 aromatic rings. The molecule has 0 spiro atoms. The van der Waals surface area contributed by atoms with E-state index >= 15 is 0 Å². The second kappa shape index (κ2) is 8.95. The average Bonchev–Trinajstić information content (AvgIpc) is 2.79. The molecular formula is C24H26N4O2. The van der Waals surface area contributed by atoms with Crippen LogP contribution < -0.4 is 15.0 Å². The van der Waals surface area contributed by atoms with Gasteiger partial charge in [0.25, 0.3) is 0 Å². The third-order valence-corrected chi connectivity index (χ3v) is 5.43. The molecule has 1 aliphatic rings. The van der Waals surface area contributed by atoms with Crippen molar-refractivity contribution in [1.82, 2.24) is 9.97 Å². The van der Waals surface area contributed by atoms with E-state index < -0.39 is 0 Å². The number of nitrogens with one attached hydrogen (secondary N) is 1. The topological polar surface area (TPSA) is 67.3 Å². The fraction of sp³-hybridized carbons (Fsp3) is 0.292. The molecule has 1 N–H and O–H groups in total. The van der Waals surface area contributed by atoms with Gasteiger partial charge in [-0.2, -0.15) is 0 Å². The molecule has 0 saturated carbocycles. The van der Waals surface area contributed by atoms with Gasteiger partial charge in [0.2, 0.25) is 11.9 Å². The van der Waals surface area contributed by atoms with Crippen molar-refractivity contribution in [2.75, 3.05) is 30.4 Å². The van der Waals surface area contributed by atoms with E-state index in [2.05, 4.69) is 27.3 Å². The molecule has 6 heteroatoms. The van der Waals surface area contributed by atoms with E-state index in [9.17, 15) is 4.79 Å². The highest BCUT2D eigenvalue weighted by atomic mass is 16.5. The predicted molar refractivity (Wildman–Crippen MR) is 119 cm³/mol. The summed E-state index contributed by atoms with van der Waals surface area (Å²) >= 11 is 0. The minimum absolute atomic E-state index is 0.0364. The van der Waals surface area contributed by atoms with Crippen molar-refractivity contribution < 1.29 is 9.53 Å². The van der Waals surface area contributed by atoms with Gasteiger partial charge in [-0.3, -0.25) is 4.79 Å². The number of para-hydroxylation sites is 2. The maximum absolute atomic E-state index is 12.8. The zero-order valence-corrected chi connectivity index (χ0v) is 17.3. The van der Waals surface area contributed by atoms with E-state index in [1.165, 1.54) is 0 Å². The predicted octanol–water partition coefficient (Wildman–Crippen LogP) is 4.32. The first kappa shape index (κ1) is 19.9. The molecule has 2 aromatic carbocycles. The Bertz CT molecular complexity index is 1010. The van der Waals surface area contributed by atoms with Gasteiger partial charge in [0.15, 0.2) is 0 Å². The number of ether oxygens (including phenoxy) is 1. The van der Waals surface area contributed by atoms with Gasteiger partial charge in [-0.1, -0.05) is 42.5 Å². The third-order valence-electron chi connectivity index (χ3n) is 5.43. The van der Waals surface area contributed by atoms with Gasteiger partial charge in [-0.05, 0) is 38.0 Å². The SMILES string of the molecule is COc1ccccc1NC(=O)C1CCN(c2nc(C)cc(-c3ccccc3)n2)CC1. The lowest BCUT2D eigenvalue weighted by atomic mass is 9.96. The highest BCUT2D eigenvalue weighted by molar-refractivity contribution is 5.94. The third kappa shape index (κ3) is 4.43. The van der Waals surface area contributed by atoms with Crippen molar-refractivity contribution in [1.29, 1.82) is 0 Å². The molecule has 0 radical (unpaired) electrons. The quantitative estimate of drug-likeness (QED) is 0.689. The van der Waals surface area contributed by atoms with E-state index in [0.717, 1.165) is 48.8 Å². The van der Waals surface area contributed by atoms with Crippen molar-refractivity contribution in [3.63, 3.8) is 0 Å². The van der Waals surface area contributed by atoms with Crippen molar-refractivity contribution in [3.05, 3.63) is 66.4 Å². The molecule has 0 atom stereocenters. The number of carbonyl (C=O) groups is 1. The van der Waals surface area contributed by atoms with Gasteiger partial charge >= 0.3 is 0 Å². The first-order valence-corrected chi connectivity index (χ1v) is 10.2. The Morgan fingerprint density at radius 3 is 2.47 bits per heavy atom. The Labute approximate surface area is 176 Å². The molecule has 1 saturated heterocycles. The smallest absolute Gasteiger partial charge is 0.227 e. The maximum atomic E-state index is 12.8. The summed E-state index contributed by atoms with van der Waals surface area (Å²) in [5.41, 5.74) is 3.65. The summed E-state index contributed by atoms with van der Waals surface area (Å²) in [7, 11) is 1.61. The molecular weight excluding hydrogens is 376 g/mol. The zero-order valence-electron chi connectivity index (χ0n) is 17.3. The Balaban J connectivity index is 1.42. The van der Waals surface area contributed by atoms with Gasteiger partial charge in [-0.25, -0.2) is 9.97 Å². The number of amides is 1. The number of nitrogens with zero attached hydrogens (tertiary/aromatic N) is 3. The van der Waals surface area contributed by atoms with Crippen LogP contribution in [0.3, 0.4) is 0 Å². The summed E-state index contributed by atoms with van der Waals surface area (Å²) in [6.07, 6.45) is 1.53. The summed E-state index contributed by atoms with van der Waals surface area (Å²) in [6.45, 7) is 3.49. The normalized spacial score (nSPS) is 14.4. The molecule has 2 heterocycles. The lowest BCUT2D eigenvalue weighted by molar-refractivity contribution is -0.120. The van der Waals surface area contributed by atoms with Crippen LogP contribution in [0.15, 0.2) is 60.7 Å². The van der Waals surface area contributed by atoms with Crippen LogP contribution in [0.1, 0.15) is 18.5 Å². The molecule has 30 heavy (non-hydrogen) atoms. The van der Waals surface area contributed by atoms with Crippen LogP contribution in [0.25, 0.3) is 11.3 Å². The molecule has 0 aliphatic carbocycles. The van der Waals surface area contributed by atoms with Crippen LogP contribution in [0, 0.1) is 12.8 Å². The number of rotatable bonds is 5. The standard InChI is InChI=1S/C24H26N4O2/c1-17-16-21(18-8-4-3-5-9-18)27-24(25-17)28-14-12-19(13-15-28)23(29)26-20-10-6-7-11-22(20)30-2/h3-11,16,19H,12-15H2,1-2H3,(H,26,29).